The second-order valence-electron chi connectivity index (χ2n) is 4.67. The van der Waals surface area contributed by atoms with Crippen LogP contribution in [0.25, 0.3) is 11.5 Å². The molecule has 0 aromatic carbocycles. The van der Waals surface area contributed by atoms with E-state index in [9.17, 15) is 4.79 Å². The van der Waals surface area contributed by atoms with Crippen molar-refractivity contribution in [2.24, 2.45) is 0 Å². The van der Waals surface area contributed by atoms with Crippen molar-refractivity contribution < 1.29 is 14.3 Å². The molecule has 7 heteroatoms. The lowest BCUT2D eigenvalue weighted by Gasteiger charge is -2.08. The van der Waals surface area contributed by atoms with Crippen LogP contribution in [0.3, 0.4) is 0 Å². The van der Waals surface area contributed by atoms with Gasteiger partial charge in [-0.15, -0.1) is 0 Å². The SMILES string of the molecule is CCOC(=O)c1cc(-n2cccc2)n(-c2ccc(OC)nc2)n1. The monoisotopic (exact) mass is 312 g/mol. The molecule has 0 aliphatic rings. The summed E-state index contributed by atoms with van der Waals surface area (Å²) in [5.41, 5.74) is 0.955. The average Bonchev–Trinajstić information content (AvgIpc) is 3.24. The minimum atomic E-state index is -0.457. The molecule has 0 radical (unpaired) electrons. The minimum absolute atomic E-state index is 0.242. The van der Waals surface area contributed by atoms with Crippen LogP contribution in [-0.2, 0) is 4.74 Å². The van der Waals surface area contributed by atoms with Gasteiger partial charge in [-0.3, -0.25) is 0 Å². The number of ether oxygens (including phenoxy) is 2. The maximum atomic E-state index is 12.0. The van der Waals surface area contributed by atoms with Gasteiger partial charge in [-0.05, 0) is 25.1 Å². The van der Waals surface area contributed by atoms with Crippen molar-refractivity contribution in [1.29, 1.82) is 0 Å². The summed E-state index contributed by atoms with van der Waals surface area (Å²) in [6.07, 6.45) is 5.38. The van der Waals surface area contributed by atoms with Crippen LogP contribution in [0.1, 0.15) is 17.4 Å². The molecule has 3 heterocycles. The molecule has 0 aliphatic carbocycles. The van der Waals surface area contributed by atoms with E-state index in [-0.39, 0.29) is 5.69 Å². The summed E-state index contributed by atoms with van der Waals surface area (Å²) in [7, 11) is 1.56. The van der Waals surface area contributed by atoms with E-state index < -0.39 is 5.97 Å². The number of pyridine rings is 1. The van der Waals surface area contributed by atoms with Gasteiger partial charge in [-0.25, -0.2) is 14.5 Å². The van der Waals surface area contributed by atoms with Gasteiger partial charge >= 0.3 is 5.97 Å². The van der Waals surface area contributed by atoms with Gasteiger partial charge in [0.05, 0.1) is 25.6 Å². The zero-order valence-electron chi connectivity index (χ0n) is 12.8. The molecule has 0 fully saturated rings. The van der Waals surface area contributed by atoms with Crippen LogP contribution in [0, 0.1) is 0 Å². The quantitative estimate of drug-likeness (QED) is 0.676. The lowest BCUT2D eigenvalue weighted by atomic mass is 10.4. The Morgan fingerprint density at radius 2 is 2.04 bits per heavy atom. The van der Waals surface area contributed by atoms with Gasteiger partial charge < -0.3 is 14.0 Å². The van der Waals surface area contributed by atoms with E-state index in [1.165, 1.54) is 0 Å². The van der Waals surface area contributed by atoms with Crippen molar-refractivity contribution in [1.82, 2.24) is 19.3 Å². The molecule has 0 amide bonds. The van der Waals surface area contributed by atoms with E-state index in [0.717, 1.165) is 0 Å². The summed E-state index contributed by atoms with van der Waals surface area (Å²) in [5.74, 6) is 0.764. The summed E-state index contributed by atoms with van der Waals surface area (Å²) in [4.78, 5) is 16.1. The Morgan fingerprint density at radius 3 is 2.65 bits per heavy atom. The first-order chi connectivity index (χ1) is 11.2. The Balaban J connectivity index is 2.07. The average molecular weight is 312 g/mol. The molecular weight excluding hydrogens is 296 g/mol. The number of carbonyl (C=O) groups excluding carboxylic acids is 1. The Morgan fingerprint density at radius 1 is 1.26 bits per heavy atom. The summed E-state index contributed by atoms with van der Waals surface area (Å²) in [6, 6.07) is 9.03. The number of methoxy groups -OCH3 is 1. The van der Waals surface area contributed by atoms with Gasteiger partial charge in [0.1, 0.15) is 5.82 Å². The van der Waals surface area contributed by atoms with Gasteiger partial charge in [-0.2, -0.15) is 5.10 Å². The van der Waals surface area contributed by atoms with E-state index in [0.29, 0.717) is 24.0 Å². The number of hydrogen-bond acceptors (Lipinski definition) is 5. The predicted octanol–water partition coefficient (Wildman–Crippen LogP) is 2.24. The highest BCUT2D eigenvalue weighted by Gasteiger charge is 2.17. The van der Waals surface area contributed by atoms with E-state index in [4.69, 9.17) is 9.47 Å². The van der Waals surface area contributed by atoms with E-state index in [2.05, 4.69) is 10.1 Å². The molecule has 0 N–H and O–H groups in total. The maximum Gasteiger partial charge on any atom is 0.358 e. The van der Waals surface area contributed by atoms with Crippen LogP contribution < -0.4 is 4.74 Å². The van der Waals surface area contributed by atoms with Crippen LogP contribution in [-0.4, -0.2) is 39.0 Å². The van der Waals surface area contributed by atoms with Crippen molar-refractivity contribution in [3.8, 4) is 17.4 Å². The Hall–Kier alpha value is -3.09. The number of nitrogens with zero attached hydrogens (tertiary/aromatic N) is 4. The Bertz CT molecular complexity index is 791. The highest BCUT2D eigenvalue weighted by atomic mass is 16.5. The summed E-state index contributed by atoms with van der Waals surface area (Å²) in [5, 5.41) is 4.35. The summed E-state index contributed by atoms with van der Waals surface area (Å²) < 4.78 is 13.6. The van der Waals surface area contributed by atoms with Crippen molar-refractivity contribution >= 4 is 5.97 Å². The highest BCUT2D eigenvalue weighted by Crippen LogP contribution is 2.18. The fourth-order valence-electron chi connectivity index (χ4n) is 2.16. The summed E-state index contributed by atoms with van der Waals surface area (Å²) >= 11 is 0. The number of esters is 1. The van der Waals surface area contributed by atoms with E-state index in [1.54, 1.807) is 37.0 Å². The van der Waals surface area contributed by atoms with Crippen LogP contribution >= 0.6 is 0 Å². The Kier molecular flexibility index (Phi) is 4.09. The fraction of sp³-hybridized carbons (Fsp3) is 0.188. The first-order valence-electron chi connectivity index (χ1n) is 7.14. The summed E-state index contributed by atoms with van der Waals surface area (Å²) in [6.45, 7) is 2.06. The number of rotatable bonds is 5. The molecule has 0 unspecified atom stereocenters. The molecule has 3 rings (SSSR count). The van der Waals surface area contributed by atoms with Gasteiger partial charge in [-0.1, -0.05) is 0 Å². The number of carbonyl (C=O) groups is 1. The third-order valence-corrected chi connectivity index (χ3v) is 3.22. The molecule has 0 spiro atoms. The standard InChI is InChI=1S/C16H16N4O3/c1-3-23-16(21)13-10-15(19-8-4-5-9-19)20(18-13)12-6-7-14(22-2)17-11-12/h4-11H,3H2,1-2H3. The number of hydrogen-bond donors (Lipinski definition) is 0. The lowest BCUT2D eigenvalue weighted by Crippen LogP contribution is -2.07. The van der Waals surface area contributed by atoms with Crippen LogP contribution in [0.2, 0.25) is 0 Å². The van der Waals surface area contributed by atoms with Gasteiger partial charge in [0.25, 0.3) is 0 Å². The zero-order valence-corrected chi connectivity index (χ0v) is 12.8. The van der Waals surface area contributed by atoms with E-state index >= 15 is 0 Å². The van der Waals surface area contributed by atoms with Crippen molar-refractivity contribution in [3.05, 3.63) is 54.6 Å². The first-order valence-corrected chi connectivity index (χ1v) is 7.14. The molecule has 118 valence electrons. The topological polar surface area (TPSA) is 71.2 Å². The predicted molar refractivity (Wildman–Crippen MR) is 83.2 cm³/mol. The molecular formula is C16H16N4O3. The van der Waals surface area contributed by atoms with E-state index in [1.807, 2.05) is 35.2 Å². The highest BCUT2D eigenvalue weighted by molar-refractivity contribution is 5.87. The zero-order chi connectivity index (χ0) is 16.2. The van der Waals surface area contributed by atoms with Crippen molar-refractivity contribution in [2.75, 3.05) is 13.7 Å². The molecule has 23 heavy (non-hydrogen) atoms. The normalized spacial score (nSPS) is 10.5. The molecule has 0 atom stereocenters. The molecule has 0 saturated heterocycles. The van der Waals surface area contributed by atoms with Gasteiger partial charge in [0.2, 0.25) is 5.88 Å². The molecule has 7 nitrogen and oxygen atoms in total. The van der Waals surface area contributed by atoms with Crippen LogP contribution in [0.4, 0.5) is 0 Å². The molecule has 3 aromatic rings. The van der Waals surface area contributed by atoms with Crippen LogP contribution in [0.5, 0.6) is 5.88 Å². The third-order valence-electron chi connectivity index (χ3n) is 3.22. The van der Waals surface area contributed by atoms with Gasteiger partial charge in [0, 0.05) is 24.5 Å². The largest absolute Gasteiger partial charge is 0.481 e. The van der Waals surface area contributed by atoms with Crippen LogP contribution in [0.15, 0.2) is 48.9 Å². The molecule has 0 saturated carbocycles. The van der Waals surface area contributed by atoms with Crippen molar-refractivity contribution in [3.63, 3.8) is 0 Å². The smallest absolute Gasteiger partial charge is 0.358 e. The fourth-order valence-corrected chi connectivity index (χ4v) is 2.16. The molecule has 3 aromatic heterocycles. The third kappa shape index (κ3) is 2.94. The van der Waals surface area contributed by atoms with Crippen molar-refractivity contribution in [2.45, 2.75) is 6.92 Å². The first kappa shape index (κ1) is 14.8. The molecule has 0 bridgehead atoms. The second kappa shape index (κ2) is 6.35. The maximum absolute atomic E-state index is 12.0. The Labute approximate surface area is 133 Å². The lowest BCUT2D eigenvalue weighted by molar-refractivity contribution is 0.0519. The van der Waals surface area contributed by atoms with Gasteiger partial charge in [0.15, 0.2) is 5.69 Å². The second-order valence-corrected chi connectivity index (χ2v) is 4.67. The minimum Gasteiger partial charge on any atom is -0.481 e. The number of aromatic nitrogens is 4. The molecule has 0 aliphatic heterocycles.